The number of methoxy groups -OCH3 is 1. The molecule has 4 aromatic rings. The molecule has 3 aromatic heterocycles. The van der Waals surface area contributed by atoms with E-state index in [1.165, 1.54) is 30.3 Å². The number of rotatable bonds is 10. The van der Waals surface area contributed by atoms with Crippen molar-refractivity contribution in [1.29, 1.82) is 0 Å². The number of carbonyl (C=O) groups excluding carboxylic acids is 4. The third-order valence-corrected chi connectivity index (χ3v) is 8.28. The molecular formula is C35H34Cl2N6O6. The summed E-state index contributed by atoms with van der Waals surface area (Å²) in [6.45, 7) is 5.75. The number of aldehydes is 1. The molecule has 5 rings (SSSR count). The number of hydrogen-bond acceptors (Lipinski definition) is 9. The Bertz CT molecular complexity index is 1900. The maximum Gasteiger partial charge on any atom is 0.410 e. The molecule has 1 atom stereocenters. The lowest BCUT2D eigenvalue weighted by Crippen LogP contribution is -2.43. The molecule has 0 spiro atoms. The first-order valence-electron chi connectivity index (χ1n) is 15.3. The molecule has 1 saturated heterocycles. The van der Waals surface area contributed by atoms with Gasteiger partial charge in [0, 0.05) is 53.7 Å². The minimum absolute atomic E-state index is 0.0522. The zero-order chi connectivity index (χ0) is 35.3. The number of nitrogens with zero attached hydrogens (tertiary/aromatic N) is 4. The van der Waals surface area contributed by atoms with Gasteiger partial charge in [0.05, 0.1) is 40.8 Å². The molecule has 1 fully saturated rings. The van der Waals surface area contributed by atoms with Crippen LogP contribution in [0.25, 0.3) is 22.5 Å². The van der Waals surface area contributed by atoms with Gasteiger partial charge in [0.2, 0.25) is 11.8 Å². The molecule has 0 aliphatic carbocycles. The summed E-state index contributed by atoms with van der Waals surface area (Å²) >= 11 is 13.7. The van der Waals surface area contributed by atoms with Gasteiger partial charge in [-0.3, -0.25) is 24.4 Å². The number of carbonyl (C=O) groups is 4. The Kier molecular flexibility index (Phi) is 10.8. The molecule has 1 aliphatic heterocycles. The van der Waals surface area contributed by atoms with Gasteiger partial charge in [-0.05, 0) is 63.6 Å². The lowest BCUT2D eigenvalue weighted by molar-refractivity contribution is -0.119. The summed E-state index contributed by atoms with van der Waals surface area (Å²) in [5, 5.41) is 6.10. The first-order chi connectivity index (χ1) is 23.4. The van der Waals surface area contributed by atoms with Crippen molar-refractivity contribution in [2.24, 2.45) is 0 Å². The lowest BCUT2D eigenvalue weighted by atomic mass is 10.1. The van der Waals surface area contributed by atoms with E-state index in [0.717, 1.165) is 0 Å². The Hall–Kier alpha value is -5.07. The van der Waals surface area contributed by atoms with Crippen LogP contribution in [0.3, 0.4) is 0 Å². The fraction of sp³-hybridized carbons (Fsp3) is 0.286. The zero-order valence-electron chi connectivity index (χ0n) is 27.3. The van der Waals surface area contributed by atoms with E-state index >= 15 is 0 Å². The largest absolute Gasteiger partial charge is 0.481 e. The molecule has 3 amide bonds. The highest BCUT2D eigenvalue weighted by Gasteiger charge is 2.29. The van der Waals surface area contributed by atoms with Crippen molar-refractivity contribution >= 4 is 53.1 Å². The smallest absolute Gasteiger partial charge is 0.410 e. The van der Waals surface area contributed by atoms with Gasteiger partial charge in [-0.25, -0.2) is 9.78 Å². The molecule has 0 bridgehead atoms. The van der Waals surface area contributed by atoms with E-state index in [2.05, 4.69) is 20.6 Å². The Morgan fingerprint density at radius 2 is 1.86 bits per heavy atom. The van der Waals surface area contributed by atoms with Crippen molar-refractivity contribution in [3.63, 3.8) is 0 Å². The Labute approximate surface area is 293 Å². The highest BCUT2D eigenvalue weighted by molar-refractivity contribution is 6.39. The number of pyridine rings is 3. The van der Waals surface area contributed by atoms with Gasteiger partial charge in [-0.15, -0.1) is 0 Å². The van der Waals surface area contributed by atoms with Crippen LogP contribution in [0.2, 0.25) is 10.0 Å². The average molecular weight is 706 g/mol. The number of amides is 3. The summed E-state index contributed by atoms with van der Waals surface area (Å²) in [7, 11) is 1.48. The number of ether oxygens (including phenoxy) is 2. The Balaban J connectivity index is 1.41. The standard InChI is InChI=1S/C35H34Cl2N6O6/c1-35(2,3)49-34(47)43(18-22-10-13-28(45)40-22)17-21-9-12-25(42-33(21)48-4)23-14-15-38-31(30(23)37)24-6-5-7-26(29(24)36)41-32(46)27-11-8-20(19-44)16-39-27/h5-9,11-12,14-16,19,22H,10,13,17-18H2,1-4H3,(H,40,45)(H,41,46)/t22-/m0/s1. The van der Waals surface area contributed by atoms with Crippen LogP contribution >= 0.6 is 23.2 Å². The van der Waals surface area contributed by atoms with Crippen LogP contribution in [0.4, 0.5) is 10.5 Å². The third-order valence-electron chi connectivity index (χ3n) is 7.49. The predicted octanol–water partition coefficient (Wildman–Crippen LogP) is 6.60. The van der Waals surface area contributed by atoms with E-state index in [-0.39, 0.29) is 46.7 Å². The second-order valence-corrected chi connectivity index (χ2v) is 13.0. The van der Waals surface area contributed by atoms with E-state index in [0.29, 0.717) is 58.5 Å². The Morgan fingerprint density at radius 1 is 1.06 bits per heavy atom. The molecule has 0 unspecified atom stereocenters. The quantitative estimate of drug-likeness (QED) is 0.174. The number of nitrogens with one attached hydrogen (secondary N) is 2. The number of aromatic nitrogens is 3. The van der Waals surface area contributed by atoms with E-state index in [1.807, 2.05) is 0 Å². The summed E-state index contributed by atoms with van der Waals surface area (Å²) in [4.78, 5) is 63.5. The summed E-state index contributed by atoms with van der Waals surface area (Å²) in [5.74, 6) is -0.295. The van der Waals surface area contributed by atoms with Gasteiger partial charge in [0.15, 0.2) is 6.29 Å². The van der Waals surface area contributed by atoms with E-state index in [9.17, 15) is 19.2 Å². The fourth-order valence-electron chi connectivity index (χ4n) is 5.17. The lowest BCUT2D eigenvalue weighted by Gasteiger charge is -2.29. The molecule has 1 aromatic carbocycles. The van der Waals surface area contributed by atoms with Crippen LogP contribution in [0, 0.1) is 0 Å². The van der Waals surface area contributed by atoms with Crippen LogP contribution in [-0.4, -0.2) is 69.3 Å². The minimum Gasteiger partial charge on any atom is -0.481 e. The highest BCUT2D eigenvalue weighted by Crippen LogP contribution is 2.40. The maximum atomic E-state index is 13.2. The number of halogens is 2. The summed E-state index contributed by atoms with van der Waals surface area (Å²) in [6, 6.07) is 13.1. The fourth-order valence-corrected chi connectivity index (χ4v) is 5.74. The van der Waals surface area contributed by atoms with Gasteiger partial charge >= 0.3 is 6.09 Å². The van der Waals surface area contributed by atoms with Gasteiger partial charge in [-0.1, -0.05) is 35.3 Å². The molecule has 12 nitrogen and oxygen atoms in total. The van der Waals surface area contributed by atoms with E-state index in [1.54, 1.807) is 63.4 Å². The van der Waals surface area contributed by atoms with E-state index in [4.69, 9.17) is 37.7 Å². The molecule has 4 heterocycles. The number of anilines is 1. The monoisotopic (exact) mass is 704 g/mol. The van der Waals surface area contributed by atoms with Gasteiger partial charge in [0.25, 0.3) is 5.91 Å². The van der Waals surface area contributed by atoms with Crippen molar-refractivity contribution in [2.75, 3.05) is 19.0 Å². The highest BCUT2D eigenvalue weighted by atomic mass is 35.5. The predicted molar refractivity (Wildman–Crippen MR) is 185 cm³/mol. The first-order valence-corrected chi connectivity index (χ1v) is 16.1. The number of benzene rings is 1. The van der Waals surface area contributed by atoms with Crippen molar-refractivity contribution in [2.45, 2.75) is 51.8 Å². The second kappa shape index (κ2) is 15.0. The van der Waals surface area contributed by atoms with Crippen LogP contribution in [0.15, 0.2) is 60.9 Å². The van der Waals surface area contributed by atoms with Crippen LogP contribution < -0.4 is 15.4 Å². The molecule has 2 N–H and O–H groups in total. The van der Waals surface area contributed by atoms with Crippen LogP contribution in [0.1, 0.15) is 60.0 Å². The van der Waals surface area contributed by atoms with Crippen molar-refractivity contribution in [3.8, 4) is 28.4 Å². The first kappa shape index (κ1) is 35.2. The molecule has 14 heteroatoms. The molecule has 1 aliphatic rings. The molecule has 0 radical (unpaired) electrons. The third kappa shape index (κ3) is 8.51. The van der Waals surface area contributed by atoms with E-state index < -0.39 is 17.6 Å². The maximum absolute atomic E-state index is 13.2. The van der Waals surface area contributed by atoms with Gasteiger partial charge < -0.3 is 25.0 Å². The zero-order valence-corrected chi connectivity index (χ0v) is 28.8. The topological polar surface area (TPSA) is 153 Å². The van der Waals surface area contributed by atoms with Crippen molar-refractivity contribution < 1.29 is 28.7 Å². The van der Waals surface area contributed by atoms with Crippen molar-refractivity contribution in [3.05, 3.63) is 87.8 Å². The minimum atomic E-state index is -0.717. The van der Waals surface area contributed by atoms with Crippen LogP contribution in [0.5, 0.6) is 5.88 Å². The summed E-state index contributed by atoms with van der Waals surface area (Å²) < 4.78 is 11.3. The number of hydrogen-bond donors (Lipinski definition) is 2. The average Bonchev–Trinajstić information content (AvgIpc) is 3.49. The normalized spacial score (nSPS) is 14.2. The molecule has 254 valence electrons. The summed E-state index contributed by atoms with van der Waals surface area (Å²) in [5.41, 5.74) is 2.50. The second-order valence-electron chi connectivity index (χ2n) is 12.3. The summed E-state index contributed by atoms with van der Waals surface area (Å²) in [6.07, 6.45) is 4.00. The Morgan fingerprint density at radius 3 is 2.51 bits per heavy atom. The van der Waals surface area contributed by atoms with Gasteiger partial charge in [-0.2, -0.15) is 0 Å². The molecule has 49 heavy (non-hydrogen) atoms. The molecular weight excluding hydrogens is 671 g/mol. The van der Waals surface area contributed by atoms with Gasteiger partial charge in [0.1, 0.15) is 11.3 Å². The SMILES string of the molecule is COc1nc(-c2ccnc(-c3cccc(NC(=O)c4ccc(C=O)cn4)c3Cl)c2Cl)ccc1CN(C[C@@H]1CCC(=O)N1)C(=O)OC(C)(C)C. The molecule has 0 saturated carbocycles. The van der Waals surface area contributed by atoms with Crippen molar-refractivity contribution in [1.82, 2.24) is 25.2 Å². The van der Waals surface area contributed by atoms with Crippen LogP contribution in [-0.2, 0) is 16.1 Å².